The van der Waals surface area contributed by atoms with Crippen LogP contribution in [0.15, 0.2) is 48.7 Å². The third kappa shape index (κ3) is 5.12. The van der Waals surface area contributed by atoms with Gasteiger partial charge in [-0.25, -0.2) is 0 Å². The number of benzene rings is 1. The number of aromatic nitrogens is 2. The molecule has 1 saturated heterocycles. The van der Waals surface area contributed by atoms with Gasteiger partial charge in [0, 0.05) is 36.6 Å². The number of rotatable bonds is 9. The van der Waals surface area contributed by atoms with Crippen molar-refractivity contribution in [3.63, 3.8) is 0 Å². The highest BCUT2D eigenvalue weighted by atomic mass is 32.1. The number of methoxy groups -OCH3 is 2. The zero-order chi connectivity index (χ0) is 26.7. The Balaban J connectivity index is 1.79. The molecule has 1 aliphatic rings. The maximum absolute atomic E-state index is 11.7. The number of aryl methyl sites for hydroxylation is 1. The van der Waals surface area contributed by atoms with Gasteiger partial charge in [-0.05, 0) is 62.3 Å². The summed E-state index contributed by atoms with van der Waals surface area (Å²) in [5, 5.41) is 15.3. The van der Waals surface area contributed by atoms with E-state index >= 15 is 0 Å². The number of ether oxygens (including phenoxy) is 2. The van der Waals surface area contributed by atoms with Gasteiger partial charge in [-0.2, -0.15) is 0 Å². The van der Waals surface area contributed by atoms with Crippen LogP contribution < -0.4 is 10.1 Å². The Labute approximate surface area is 220 Å². The van der Waals surface area contributed by atoms with E-state index in [4.69, 9.17) is 21.7 Å². The molecule has 0 saturated carbocycles. The molecule has 1 N–H and O–H groups in total. The number of nitro groups is 1. The molecular weight excluding hydrogens is 494 g/mol. The fourth-order valence-electron chi connectivity index (χ4n) is 4.90. The van der Waals surface area contributed by atoms with Gasteiger partial charge < -0.3 is 24.3 Å². The Kier molecular flexibility index (Phi) is 7.72. The van der Waals surface area contributed by atoms with E-state index in [0.29, 0.717) is 29.5 Å². The van der Waals surface area contributed by atoms with Crippen LogP contribution >= 0.6 is 12.2 Å². The fraction of sp³-hybridized carbons (Fsp3) is 0.346. The minimum atomic E-state index is -0.443. The number of esters is 1. The van der Waals surface area contributed by atoms with Crippen molar-refractivity contribution in [3.8, 4) is 11.4 Å². The molecule has 0 amide bonds. The lowest BCUT2D eigenvalue weighted by Crippen LogP contribution is -2.31. The predicted molar refractivity (Wildman–Crippen MR) is 142 cm³/mol. The molecule has 4 rings (SSSR count). The lowest BCUT2D eigenvalue weighted by atomic mass is 9.96. The summed E-state index contributed by atoms with van der Waals surface area (Å²) >= 11 is 5.74. The summed E-state index contributed by atoms with van der Waals surface area (Å²) in [6.07, 6.45) is 2.62. The summed E-state index contributed by atoms with van der Waals surface area (Å²) in [6, 6.07) is 12.1. The number of hydrogen-bond acceptors (Lipinski definition) is 7. The van der Waals surface area contributed by atoms with Gasteiger partial charge in [0.15, 0.2) is 5.11 Å². The van der Waals surface area contributed by atoms with E-state index in [9.17, 15) is 14.9 Å². The van der Waals surface area contributed by atoms with Gasteiger partial charge in [-0.15, -0.1) is 0 Å². The molecule has 0 bridgehead atoms. The average molecular weight is 524 g/mol. The van der Waals surface area contributed by atoms with Crippen molar-refractivity contribution in [2.24, 2.45) is 0 Å². The molecule has 0 radical (unpaired) electrons. The van der Waals surface area contributed by atoms with Crippen LogP contribution in [0.2, 0.25) is 0 Å². The molecule has 3 heterocycles. The van der Waals surface area contributed by atoms with Crippen molar-refractivity contribution < 1.29 is 19.2 Å². The lowest BCUT2D eigenvalue weighted by molar-refractivity contribution is -0.384. The van der Waals surface area contributed by atoms with E-state index in [1.165, 1.54) is 26.4 Å². The average Bonchev–Trinajstić information content (AvgIpc) is 3.38. The summed E-state index contributed by atoms with van der Waals surface area (Å²) in [7, 11) is 2.88. The Morgan fingerprint density at radius 2 is 2.00 bits per heavy atom. The second-order valence-electron chi connectivity index (χ2n) is 8.77. The summed E-state index contributed by atoms with van der Waals surface area (Å²) in [5.74, 6) is 0.137. The van der Waals surface area contributed by atoms with Gasteiger partial charge in [-0.1, -0.05) is 6.07 Å². The van der Waals surface area contributed by atoms with Crippen LogP contribution in [0.1, 0.15) is 47.6 Å². The van der Waals surface area contributed by atoms with Gasteiger partial charge in [0.25, 0.3) is 5.69 Å². The smallest absolute Gasteiger partial charge is 0.305 e. The van der Waals surface area contributed by atoms with E-state index in [1.54, 1.807) is 12.3 Å². The van der Waals surface area contributed by atoms with Crippen molar-refractivity contribution >= 4 is 29.0 Å². The number of nitro benzene ring substituents is 1. The fourth-order valence-corrected chi connectivity index (χ4v) is 5.23. The molecule has 194 valence electrons. The van der Waals surface area contributed by atoms with Gasteiger partial charge in [-0.3, -0.25) is 19.9 Å². The minimum Gasteiger partial charge on any atom is -0.494 e. The van der Waals surface area contributed by atoms with Crippen molar-refractivity contribution in [2.75, 3.05) is 20.8 Å². The van der Waals surface area contributed by atoms with Crippen molar-refractivity contribution in [2.45, 2.75) is 38.8 Å². The molecule has 1 fully saturated rings. The molecule has 2 atom stereocenters. The molecule has 37 heavy (non-hydrogen) atoms. The Hall–Kier alpha value is -3.99. The largest absolute Gasteiger partial charge is 0.494 e. The van der Waals surface area contributed by atoms with Crippen LogP contribution in [-0.2, 0) is 9.53 Å². The first-order valence-electron chi connectivity index (χ1n) is 11.8. The predicted octanol–water partition coefficient (Wildman–Crippen LogP) is 4.33. The molecule has 11 heteroatoms. The Morgan fingerprint density at radius 1 is 1.22 bits per heavy atom. The Bertz CT molecular complexity index is 1330. The molecule has 0 unspecified atom stereocenters. The first-order chi connectivity index (χ1) is 17.8. The summed E-state index contributed by atoms with van der Waals surface area (Å²) < 4.78 is 12.4. The van der Waals surface area contributed by atoms with Crippen molar-refractivity contribution in [3.05, 3.63) is 81.4 Å². The van der Waals surface area contributed by atoms with Crippen LogP contribution in [-0.4, -0.2) is 51.2 Å². The normalized spacial score (nSPS) is 17.0. The highest BCUT2D eigenvalue weighted by Gasteiger charge is 2.41. The first kappa shape index (κ1) is 26.1. The maximum atomic E-state index is 11.7. The van der Waals surface area contributed by atoms with Crippen LogP contribution in [0.25, 0.3) is 5.69 Å². The highest BCUT2D eigenvalue weighted by molar-refractivity contribution is 7.80. The molecule has 1 aliphatic heterocycles. The van der Waals surface area contributed by atoms with Crippen LogP contribution in [0.4, 0.5) is 5.69 Å². The second-order valence-corrected chi connectivity index (χ2v) is 9.16. The Morgan fingerprint density at radius 3 is 2.65 bits per heavy atom. The number of nitrogens with zero attached hydrogens (tertiary/aromatic N) is 4. The van der Waals surface area contributed by atoms with Crippen LogP contribution in [0.5, 0.6) is 5.75 Å². The summed E-state index contributed by atoms with van der Waals surface area (Å²) in [5.41, 5.74) is 4.42. The number of nitrogens with one attached hydrogen (secondary N) is 1. The molecule has 0 spiro atoms. The first-order valence-corrected chi connectivity index (χ1v) is 12.2. The van der Waals surface area contributed by atoms with Crippen molar-refractivity contribution in [1.82, 2.24) is 19.8 Å². The van der Waals surface area contributed by atoms with Gasteiger partial charge in [0.05, 0.1) is 48.7 Å². The zero-order valence-corrected chi connectivity index (χ0v) is 21.9. The third-order valence-electron chi connectivity index (χ3n) is 6.61. The lowest BCUT2D eigenvalue weighted by Gasteiger charge is -2.28. The van der Waals surface area contributed by atoms with Crippen LogP contribution in [0.3, 0.4) is 0 Å². The number of thiocarbonyl (C=S) groups is 1. The SMILES string of the molecule is COC(=O)CCCN1C(=S)N[C@H](c2ccccn2)[C@@H]1c1cc(C)n(-c2ccc([N+](=O)[O-])cc2OC)c1C. The summed E-state index contributed by atoms with van der Waals surface area (Å²) in [4.78, 5) is 29.3. The second kappa shape index (κ2) is 11.0. The van der Waals surface area contributed by atoms with Crippen molar-refractivity contribution in [1.29, 1.82) is 0 Å². The zero-order valence-electron chi connectivity index (χ0n) is 21.1. The summed E-state index contributed by atoms with van der Waals surface area (Å²) in [6.45, 7) is 4.54. The monoisotopic (exact) mass is 523 g/mol. The minimum absolute atomic E-state index is 0.0411. The van der Waals surface area contributed by atoms with Gasteiger partial charge in [0.2, 0.25) is 0 Å². The number of pyridine rings is 1. The topological polar surface area (TPSA) is 112 Å². The van der Waals surface area contributed by atoms with E-state index in [1.807, 2.05) is 36.6 Å². The molecule has 3 aromatic rings. The molecule has 1 aromatic carbocycles. The standard InChI is InChI=1S/C26H29N5O5S/c1-16-14-19(17(2)30(16)21-11-10-18(31(33)34)15-22(21)35-3)25-24(20-8-5-6-12-27-20)28-26(37)29(25)13-7-9-23(32)36-4/h5-6,8,10-12,14-15,24-25H,7,9,13H2,1-4H3,(H,28,37)/t24-,25+/m1/s1. The quantitative estimate of drug-likeness (QED) is 0.190. The number of hydrogen-bond donors (Lipinski definition) is 1. The molecular formula is C26H29N5O5S. The van der Waals surface area contributed by atoms with Gasteiger partial charge >= 0.3 is 5.97 Å². The van der Waals surface area contributed by atoms with E-state index in [0.717, 1.165) is 22.6 Å². The maximum Gasteiger partial charge on any atom is 0.305 e. The van der Waals surface area contributed by atoms with E-state index in [-0.39, 0.29) is 30.2 Å². The highest BCUT2D eigenvalue weighted by Crippen LogP contribution is 2.42. The van der Waals surface area contributed by atoms with E-state index in [2.05, 4.69) is 21.3 Å². The third-order valence-corrected chi connectivity index (χ3v) is 6.96. The number of carbonyl (C=O) groups is 1. The molecule has 2 aromatic heterocycles. The van der Waals surface area contributed by atoms with Crippen LogP contribution in [0, 0.1) is 24.0 Å². The number of carbonyl (C=O) groups excluding carboxylic acids is 1. The molecule has 0 aliphatic carbocycles. The number of non-ortho nitro benzene ring substituents is 1. The molecule has 10 nitrogen and oxygen atoms in total. The van der Waals surface area contributed by atoms with E-state index < -0.39 is 4.92 Å². The van der Waals surface area contributed by atoms with Gasteiger partial charge in [0.1, 0.15) is 5.75 Å².